The van der Waals surface area contributed by atoms with Gasteiger partial charge in [0, 0.05) is 17.1 Å². The van der Waals surface area contributed by atoms with Gasteiger partial charge in [0.25, 0.3) is 0 Å². The van der Waals surface area contributed by atoms with Gasteiger partial charge in [0.05, 0.1) is 5.69 Å². The minimum atomic E-state index is 0.567. The van der Waals surface area contributed by atoms with Crippen LogP contribution in [-0.4, -0.2) is 4.98 Å². The molecule has 0 radical (unpaired) electrons. The van der Waals surface area contributed by atoms with Gasteiger partial charge in [-0.05, 0) is 30.2 Å². The van der Waals surface area contributed by atoms with Crippen LogP contribution in [0, 0.1) is 6.92 Å². The molecule has 0 aliphatic rings. The highest BCUT2D eigenvalue weighted by Crippen LogP contribution is 2.29. The molecule has 0 fully saturated rings. The zero-order chi connectivity index (χ0) is 13.2. The average Bonchev–Trinajstić information content (AvgIpc) is 2.78. The summed E-state index contributed by atoms with van der Waals surface area (Å²) in [7, 11) is 0. The number of ether oxygens (including phenoxy) is 1. The largest absolute Gasteiger partial charge is 0.489 e. The normalized spacial score (nSPS) is 10.8. The Kier molecular flexibility index (Phi) is 2.88. The molecule has 0 saturated carbocycles. The Balaban J connectivity index is 1.88. The van der Waals surface area contributed by atoms with Crippen LogP contribution >= 0.6 is 0 Å². The Bertz CT molecular complexity index is 701. The minimum absolute atomic E-state index is 0.567. The second kappa shape index (κ2) is 4.69. The van der Waals surface area contributed by atoms with Crippen LogP contribution in [0.3, 0.4) is 0 Å². The number of aryl methyl sites for hydroxylation is 1. The number of nitrogen functional groups attached to an aromatic ring is 1. The van der Waals surface area contributed by atoms with E-state index in [4.69, 9.17) is 10.5 Å². The molecule has 3 N–H and O–H groups in total. The highest BCUT2D eigenvalue weighted by molar-refractivity contribution is 5.92. The van der Waals surface area contributed by atoms with Crippen molar-refractivity contribution in [1.29, 1.82) is 0 Å². The van der Waals surface area contributed by atoms with Crippen molar-refractivity contribution in [3.05, 3.63) is 59.8 Å². The lowest BCUT2D eigenvalue weighted by molar-refractivity contribution is 0.304. The van der Waals surface area contributed by atoms with Crippen LogP contribution < -0.4 is 10.5 Å². The number of nitrogens with one attached hydrogen (secondary N) is 1. The van der Waals surface area contributed by atoms with Crippen LogP contribution in [0.2, 0.25) is 0 Å². The Morgan fingerprint density at radius 1 is 1.16 bits per heavy atom. The van der Waals surface area contributed by atoms with Crippen molar-refractivity contribution in [2.24, 2.45) is 0 Å². The van der Waals surface area contributed by atoms with E-state index in [0.717, 1.165) is 33.5 Å². The predicted octanol–water partition coefficient (Wildman–Crippen LogP) is 3.64. The molecule has 3 rings (SSSR count). The molecule has 0 spiro atoms. The Morgan fingerprint density at radius 3 is 2.74 bits per heavy atom. The first-order valence-electron chi connectivity index (χ1n) is 6.28. The lowest BCUT2D eigenvalue weighted by Gasteiger charge is -2.09. The number of aromatic nitrogens is 1. The molecular formula is C16H16N2O. The van der Waals surface area contributed by atoms with E-state index in [9.17, 15) is 0 Å². The number of hydrogen-bond donors (Lipinski definition) is 2. The van der Waals surface area contributed by atoms with Gasteiger partial charge in [-0.25, -0.2) is 0 Å². The maximum Gasteiger partial charge on any atom is 0.123 e. The van der Waals surface area contributed by atoms with E-state index in [1.165, 1.54) is 0 Å². The van der Waals surface area contributed by atoms with Crippen LogP contribution in [0.25, 0.3) is 10.9 Å². The maximum absolute atomic E-state index is 5.92. The third-order valence-electron chi connectivity index (χ3n) is 3.25. The first-order chi connectivity index (χ1) is 9.24. The molecule has 1 heterocycles. The number of benzene rings is 2. The molecule has 19 heavy (non-hydrogen) atoms. The molecule has 0 amide bonds. The summed E-state index contributed by atoms with van der Waals surface area (Å²) in [4.78, 5) is 3.15. The highest BCUT2D eigenvalue weighted by Gasteiger charge is 2.06. The van der Waals surface area contributed by atoms with Gasteiger partial charge in [-0.3, -0.25) is 0 Å². The van der Waals surface area contributed by atoms with E-state index in [2.05, 4.69) is 23.2 Å². The monoisotopic (exact) mass is 252 g/mol. The molecule has 0 aliphatic heterocycles. The fourth-order valence-electron chi connectivity index (χ4n) is 2.17. The lowest BCUT2D eigenvalue weighted by atomic mass is 10.1. The lowest BCUT2D eigenvalue weighted by Crippen LogP contribution is -1.97. The third-order valence-corrected chi connectivity index (χ3v) is 3.25. The van der Waals surface area contributed by atoms with E-state index < -0.39 is 0 Å². The summed E-state index contributed by atoms with van der Waals surface area (Å²) < 4.78 is 5.89. The van der Waals surface area contributed by atoms with Crippen LogP contribution in [-0.2, 0) is 6.61 Å². The van der Waals surface area contributed by atoms with Crippen LogP contribution in [0.15, 0.2) is 48.7 Å². The maximum atomic E-state index is 5.92. The number of H-pyrrole nitrogens is 1. The number of nitrogens with two attached hydrogens (primary N) is 1. The molecular weight excluding hydrogens is 236 g/mol. The molecule has 3 heteroatoms. The van der Waals surface area contributed by atoms with E-state index in [1.54, 1.807) is 0 Å². The van der Waals surface area contributed by atoms with E-state index in [-0.39, 0.29) is 0 Å². The van der Waals surface area contributed by atoms with Crippen molar-refractivity contribution in [1.82, 2.24) is 4.98 Å². The SMILES string of the molecule is Cc1cc2[nH]cc(N)c2cc1OCc1ccccc1. The van der Waals surface area contributed by atoms with E-state index in [0.29, 0.717) is 6.61 Å². The first kappa shape index (κ1) is 11.7. The topological polar surface area (TPSA) is 51.0 Å². The number of fused-ring (bicyclic) bond motifs is 1. The Morgan fingerprint density at radius 2 is 1.95 bits per heavy atom. The summed E-state index contributed by atoms with van der Waals surface area (Å²) >= 11 is 0. The Hall–Kier alpha value is -2.42. The van der Waals surface area contributed by atoms with Crippen molar-refractivity contribution in [3.63, 3.8) is 0 Å². The standard InChI is InChI=1S/C16H16N2O/c1-11-7-15-13(14(17)9-18-15)8-16(11)19-10-12-5-3-2-4-6-12/h2-9,18H,10,17H2,1H3. The van der Waals surface area contributed by atoms with Gasteiger partial charge in [-0.2, -0.15) is 0 Å². The van der Waals surface area contributed by atoms with Gasteiger partial charge >= 0.3 is 0 Å². The molecule has 0 bridgehead atoms. The van der Waals surface area contributed by atoms with Gasteiger partial charge < -0.3 is 15.5 Å². The van der Waals surface area contributed by atoms with Gasteiger partial charge in [0.15, 0.2) is 0 Å². The van der Waals surface area contributed by atoms with Crippen molar-refractivity contribution in [2.45, 2.75) is 13.5 Å². The minimum Gasteiger partial charge on any atom is -0.489 e. The second-order valence-corrected chi connectivity index (χ2v) is 4.68. The van der Waals surface area contributed by atoms with E-state index in [1.807, 2.05) is 37.4 Å². The number of rotatable bonds is 3. The fraction of sp³-hybridized carbons (Fsp3) is 0.125. The molecule has 3 nitrogen and oxygen atoms in total. The van der Waals surface area contributed by atoms with Crippen molar-refractivity contribution in [2.75, 3.05) is 5.73 Å². The molecule has 96 valence electrons. The predicted molar refractivity (Wildman–Crippen MR) is 78.2 cm³/mol. The molecule has 3 aromatic rings. The van der Waals surface area contributed by atoms with Gasteiger partial charge in [-0.15, -0.1) is 0 Å². The van der Waals surface area contributed by atoms with Crippen LogP contribution in [0.5, 0.6) is 5.75 Å². The molecule has 0 saturated heterocycles. The van der Waals surface area contributed by atoms with Crippen LogP contribution in [0.1, 0.15) is 11.1 Å². The molecule has 0 aliphatic carbocycles. The third kappa shape index (κ3) is 2.27. The van der Waals surface area contributed by atoms with Crippen molar-refractivity contribution in [3.8, 4) is 5.75 Å². The van der Waals surface area contributed by atoms with E-state index >= 15 is 0 Å². The zero-order valence-corrected chi connectivity index (χ0v) is 10.8. The van der Waals surface area contributed by atoms with Gasteiger partial charge in [-0.1, -0.05) is 30.3 Å². The van der Waals surface area contributed by atoms with Crippen molar-refractivity contribution >= 4 is 16.6 Å². The summed E-state index contributed by atoms with van der Waals surface area (Å²) in [6.45, 7) is 2.61. The number of aromatic amines is 1. The summed E-state index contributed by atoms with van der Waals surface area (Å²) in [5.74, 6) is 0.877. The van der Waals surface area contributed by atoms with Gasteiger partial charge in [0.2, 0.25) is 0 Å². The van der Waals surface area contributed by atoms with Crippen LogP contribution in [0.4, 0.5) is 5.69 Å². The molecule has 2 aromatic carbocycles. The summed E-state index contributed by atoms with van der Waals surface area (Å²) in [6.07, 6.45) is 1.81. The molecule has 0 atom stereocenters. The van der Waals surface area contributed by atoms with Crippen molar-refractivity contribution < 1.29 is 4.74 Å². The van der Waals surface area contributed by atoms with Gasteiger partial charge in [0.1, 0.15) is 12.4 Å². The summed E-state index contributed by atoms with van der Waals surface area (Å²) in [5, 5.41) is 1.01. The molecule has 1 aromatic heterocycles. The highest BCUT2D eigenvalue weighted by atomic mass is 16.5. The summed E-state index contributed by atoms with van der Waals surface area (Å²) in [6, 6.07) is 14.2. The average molecular weight is 252 g/mol. The number of hydrogen-bond acceptors (Lipinski definition) is 2. The Labute approximate surface area is 112 Å². The first-order valence-corrected chi connectivity index (χ1v) is 6.28. The molecule has 0 unspecified atom stereocenters. The summed E-state index contributed by atoms with van der Waals surface area (Å²) in [5.41, 5.74) is 9.97. The smallest absolute Gasteiger partial charge is 0.123 e. The quantitative estimate of drug-likeness (QED) is 0.747. The second-order valence-electron chi connectivity index (χ2n) is 4.68. The zero-order valence-electron chi connectivity index (χ0n) is 10.8. The number of anilines is 1. The fourth-order valence-corrected chi connectivity index (χ4v) is 2.17.